The third-order valence-corrected chi connectivity index (χ3v) is 3.91. The highest BCUT2D eigenvalue weighted by molar-refractivity contribution is 5.78. The molecule has 1 aliphatic heterocycles. The van der Waals surface area contributed by atoms with E-state index >= 15 is 0 Å². The summed E-state index contributed by atoms with van der Waals surface area (Å²) in [6.45, 7) is 2.08. The Bertz CT molecular complexity index is 430. The summed E-state index contributed by atoms with van der Waals surface area (Å²) in [7, 11) is 0. The van der Waals surface area contributed by atoms with Gasteiger partial charge in [0.15, 0.2) is 0 Å². The monoisotopic (exact) mass is 291 g/mol. The molecule has 0 aliphatic carbocycles. The van der Waals surface area contributed by atoms with E-state index in [2.05, 4.69) is 10.2 Å². The van der Waals surface area contributed by atoms with Crippen LogP contribution in [-0.2, 0) is 11.2 Å². The van der Waals surface area contributed by atoms with Crippen molar-refractivity contribution in [2.45, 2.75) is 31.3 Å². The lowest BCUT2D eigenvalue weighted by molar-refractivity contribution is -0.123. The molecule has 0 spiro atoms. The van der Waals surface area contributed by atoms with Crippen molar-refractivity contribution in [2.75, 3.05) is 26.2 Å². The average Bonchev–Trinajstić information content (AvgIpc) is 2.50. The van der Waals surface area contributed by atoms with Crippen LogP contribution in [0.5, 0.6) is 0 Å². The summed E-state index contributed by atoms with van der Waals surface area (Å²) in [5.41, 5.74) is 6.97. The first-order chi connectivity index (χ1) is 10.2. The Morgan fingerprint density at radius 1 is 1.33 bits per heavy atom. The molecule has 5 heteroatoms. The van der Waals surface area contributed by atoms with Crippen LogP contribution in [0.2, 0.25) is 0 Å². The number of hydrogen-bond donors (Lipinski definition) is 3. The van der Waals surface area contributed by atoms with Crippen molar-refractivity contribution < 1.29 is 9.90 Å². The maximum absolute atomic E-state index is 12.1. The Balaban J connectivity index is 1.77. The standard InChI is InChI=1S/C16H25N3O2/c17-14-6-8-19(9-7-14)11-16(21)18-15(12-20)10-13-4-2-1-3-5-13/h1-5,14-15,20H,6-12,17H2,(H,18,21)/t15-/m1/s1. The lowest BCUT2D eigenvalue weighted by Gasteiger charge is -2.30. The molecule has 116 valence electrons. The number of carbonyl (C=O) groups is 1. The number of aliphatic hydroxyl groups is 1. The van der Waals surface area contributed by atoms with Gasteiger partial charge in [0.1, 0.15) is 0 Å². The van der Waals surface area contributed by atoms with Crippen LogP contribution < -0.4 is 11.1 Å². The number of benzene rings is 1. The molecule has 0 aromatic heterocycles. The first-order valence-corrected chi connectivity index (χ1v) is 7.59. The normalized spacial score (nSPS) is 18.4. The second-order valence-electron chi connectivity index (χ2n) is 5.75. The van der Waals surface area contributed by atoms with E-state index in [9.17, 15) is 9.90 Å². The third kappa shape index (κ3) is 5.46. The lowest BCUT2D eigenvalue weighted by atomic mass is 10.1. The molecule has 1 heterocycles. The number of nitrogens with zero attached hydrogens (tertiary/aromatic N) is 1. The molecule has 5 nitrogen and oxygen atoms in total. The number of carbonyl (C=O) groups excluding carboxylic acids is 1. The highest BCUT2D eigenvalue weighted by Crippen LogP contribution is 2.08. The van der Waals surface area contributed by atoms with Crippen molar-refractivity contribution in [3.63, 3.8) is 0 Å². The van der Waals surface area contributed by atoms with Crippen molar-refractivity contribution in [3.8, 4) is 0 Å². The molecule has 2 rings (SSSR count). The van der Waals surface area contributed by atoms with Gasteiger partial charge in [-0.25, -0.2) is 0 Å². The Morgan fingerprint density at radius 2 is 2.00 bits per heavy atom. The molecule has 21 heavy (non-hydrogen) atoms. The molecule has 0 bridgehead atoms. The summed E-state index contributed by atoms with van der Waals surface area (Å²) >= 11 is 0. The van der Waals surface area contributed by atoms with Crippen molar-refractivity contribution >= 4 is 5.91 Å². The predicted octanol–water partition coefficient (Wildman–Crippen LogP) is 0.129. The second kappa shape index (κ2) is 8.12. The molecular weight excluding hydrogens is 266 g/mol. The van der Waals surface area contributed by atoms with E-state index in [1.165, 1.54) is 0 Å². The number of amides is 1. The maximum Gasteiger partial charge on any atom is 0.234 e. The van der Waals surface area contributed by atoms with Gasteiger partial charge in [-0.2, -0.15) is 0 Å². The van der Waals surface area contributed by atoms with E-state index in [4.69, 9.17) is 5.73 Å². The molecule has 1 saturated heterocycles. The van der Waals surface area contributed by atoms with E-state index in [1.807, 2.05) is 30.3 Å². The molecule has 1 aliphatic rings. The van der Waals surface area contributed by atoms with E-state index in [1.54, 1.807) is 0 Å². The second-order valence-corrected chi connectivity index (χ2v) is 5.75. The van der Waals surface area contributed by atoms with Crippen LogP contribution >= 0.6 is 0 Å². The molecular formula is C16H25N3O2. The molecule has 4 N–H and O–H groups in total. The first-order valence-electron chi connectivity index (χ1n) is 7.59. The van der Waals surface area contributed by atoms with Crippen LogP contribution in [0.15, 0.2) is 30.3 Å². The summed E-state index contributed by atoms with van der Waals surface area (Å²) in [5, 5.41) is 12.3. The largest absolute Gasteiger partial charge is 0.394 e. The summed E-state index contributed by atoms with van der Waals surface area (Å²) in [4.78, 5) is 14.2. The summed E-state index contributed by atoms with van der Waals surface area (Å²) in [6.07, 6.45) is 2.54. The van der Waals surface area contributed by atoms with Crippen LogP contribution in [0.25, 0.3) is 0 Å². The number of nitrogens with one attached hydrogen (secondary N) is 1. The van der Waals surface area contributed by atoms with Gasteiger partial charge in [-0.15, -0.1) is 0 Å². The van der Waals surface area contributed by atoms with E-state index in [0.29, 0.717) is 13.0 Å². The number of piperidine rings is 1. The zero-order valence-corrected chi connectivity index (χ0v) is 12.4. The van der Waals surface area contributed by atoms with E-state index in [-0.39, 0.29) is 24.6 Å². The molecule has 0 unspecified atom stereocenters. The van der Waals surface area contributed by atoms with Gasteiger partial charge in [-0.1, -0.05) is 30.3 Å². The van der Waals surface area contributed by atoms with E-state index < -0.39 is 0 Å². The SMILES string of the molecule is NC1CCN(CC(=O)N[C@@H](CO)Cc2ccccc2)CC1. The number of aliphatic hydroxyl groups excluding tert-OH is 1. The minimum Gasteiger partial charge on any atom is -0.394 e. The van der Waals surface area contributed by atoms with Gasteiger partial charge in [0, 0.05) is 19.1 Å². The van der Waals surface area contributed by atoms with E-state index in [0.717, 1.165) is 31.5 Å². The molecule has 1 aromatic carbocycles. The van der Waals surface area contributed by atoms with Gasteiger partial charge < -0.3 is 16.2 Å². The third-order valence-electron chi connectivity index (χ3n) is 3.91. The first kappa shape index (κ1) is 15.9. The number of likely N-dealkylation sites (tertiary alicyclic amines) is 1. The van der Waals surface area contributed by atoms with Gasteiger partial charge in [0.2, 0.25) is 5.91 Å². The van der Waals surface area contributed by atoms with Gasteiger partial charge in [-0.3, -0.25) is 9.69 Å². The van der Waals surface area contributed by atoms with Crippen LogP contribution in [0.1, 0.15) is 18.4 Å². The molecule has 1 atom stereocenters. The predicted molar refractivity (Wildman–Crippen MR) is 82.8 cm³/mol. The smallest absolute Gasteiger partial charge is 0.234 e. The van der Waals surface area contributed by atoms with Crippen molar-refractivity contribution in [3.05, 3.63) is 35.9 Å². The molecule has 0 saturated carbocycles. The Hall–Kier alpha value is -1.43. The van der Waals surface area contributed by atoms with Crippen LogP contribution in [0, 0.1) is 0 Å². The summed E-state index contributed by atoms with van der Waals surface area (Å²) in [5.74, 6) is -0.0274. The number of rotatable bonds is 6. The number of hydrogen-bond acceptors (Lipinski definition) is 4. The lowest BCUT2D eigenvalue weighted by Crippen LogP contribution is -2.47. The Morgan fingerprint density at radius 3 is 2.62 bits per heavy atom. The Labute approximate surface area is 126 Å². The van der Waals surface area contributed by atoms with Crippen molar-refractivity contribution in [1.82, 2.24) is 10.2 Å². The Kier molecular flexibility index (Phi) is 6.17. The zero-order chi connectivity index (χ0) is 15.1. The quantitative estimate of drug-likeness (QED) is 0.696. The van der Waals surface area contributed by atoms with Gasteiger partial charge in [-0.05, 0) is 24.8 Å². The van der Waals surface area contributed by atoms with Gasteiger partial charge in [0.25, 0.3) is 0 Å². The maximum atomic E-state index is 12.1. The topological polar surface area (TPSA) is 78.6 Å². The summed E-state index contributed by atoms with van der Waals surface area (Å²) < 4.78 is 0. The van der Waals surface area contributed by atoms with Crippen LogP contribution in [-0.4, -0.2) is 54.2 Å². The fourth-order valence-corrected chi connectivity index (χ4v) is 2.65. The van der Waals surface area contributed by atoms with Gasteiger partial charge >= 0.3 is 0 Å². The number of nitrogens with two attached hydrogens (primary N) is 1. The van der Waals surface area contributed by atoms with Crippen LogP contribution in [0.4, 0.5) is 0 Å². The average molecular weight is 291 g/mol. The molecule has 1 amide bonds. The van der Waals surface area contributed by atoms with Crippen LogP contribution in [0.3, 0.4) is 0 Å². The minimum absolute atomic E-state index is 0.0274. The zero-order valence-electron chi connectivity index (χ0n) is 12.4. The fraction of sp³-hybridized carbons (Fsp3) is 0.562. The summed E-state index contributed by atoms with van der Waals surface area (Å²) in [6, 6.07) is 9.92. The van der Waals surface area contributed by atoms with Crippen molar-refractivity contribution in [2.24, 2.45) is 5.73 Å². The highest BCUT2D eigenvalue weighted by Gasteiger charge is 2.19. The highest BCUT2D eigenvalue weighted by atomic mass is 16.3. The minimum atomic E-state index is -0.230. The molecule has 0 radical (unpaired) electrons. The van der Waals surface area contributed by atoms with Crippen molar-refractivity contribution in [1.29, 1.82) is 0 Å². The molecule has 1 aromatic rings. The fourth-order valence-electron chi connectivity index (χ4n) is 2.65. The van der Waals surface area contributed by atoms with Gasteiger partial charge in [0.05, 0.1) is 19.2 Å². The molecule has 1 fully saturated rings.